The van der Waals surface area contributed by atoms with Gasteiger partial charge in [0.25, 0.3) is 0 Å². The predicted octanol–water partition coefficient (Wildman–Crippen LogP) is 3.49. The molecule has 0 spiro atoms. The Morgan fingerprint density at radius 3 is 2.24 bits per heavy atom. The lowest BCUT2D eigenvalue weighted by molar-refractivity contribution is -0.119. The van der Waals surface area contributed by atoms with E-state index in [4.69, 9.17) is 0 Å². The van der Waals surface area contributed by atoms with Gasteiger partial charge in [0, 0.05) is 43.5 Å². The van der Waals surface area contributed by atoms with Gasteiger partial charge in [0.1, 0.15) is 0 Å². The lowest BCUT2D eigenvalue weighted by atomic mass is 10.3. The third-order valence-corrected chi connectivity index (χ3v) is 4.83. The van der Waals surface area contributed by atoms with Crippen LogP contribution in [0, 0.1) is 0 Å². The molecule has 2 rings (SSSR count). The fourth-order valence-corrected chi connectivity index (χ4v) is 2.96. The quantitative estimate of drug-likeness (QED) is 0.550. The fraction of sp³-hybridized carbons (Fsp3) is 0.350. The summed E-state index contributed by atoms with van der Waals surface area (Å²) in [4.78, 5) is 17.5. The van der Waals surface area contributed by atoms with E-state index < -0.39 is 0 Å². The SMILES string of the molecule is CSc1ccc(N(C)CC(=O)NCCCN(C)c2ccccc2)cc1. The van der Waals surface area contributed by atoms with E-state index in [0.717, 1.165) is 18.7 Å². The predicted molar refractivity (Wildman–Crippen MR) is 109 cm³/mol. The highest BCUT2D eigenvalue weighted by molar-refractivity contribution is 7.98. The summed E-state index contributed by atoms with van der Waals surface area (Å²) in [6, 6.07) is 18.5. The minimum Gasteiger partial charge on any atom is -0.375 e. The highest BCUT2D eigenvalue weighted by atomic mass is 32.2. The number of anilines is 2. The number of hydrogen-bond acceptors (Lipinski definition) is 4. The summed E-state index contributed by atoms with van der Waals surface area (Å²) in [7, 11) is 4.01. The molecule has 4 nitrogen and oxygen atoms in total. The van der Waals surface area contributed by atoms with Crippen LogP contribution in [-0.2, 0) is 4.79 Å². The van der Waals surface area contributed by atoms with E-state index in [-0.39, 0.29) is 5.91 Å². The van der Waals surface area contributed by atoms with Crippen LogP contribution in [0.5, 0.6) is 0 Å². The molecule has 0 aliphatic heterocycles. The molecule has 0 bridgehead atoms. The zero-order valence-electron chi connectivity index (χ0n) is 15.2. The molecule has 0 aliphatic carbocycles. The summed E-state index contributed by atoms with van der Waals surface area (Å²) in [5.74, 6) is 0.0545. The molecule has 2 aromatic carbocycles. The maximum atomic E-state index is 12.1. The van der Waals surface area contributed by atoms with Crippen molar-refractivity contribution in [3.8, 4) is 0 Å². The summed E-state index contributed by atoms with van der Waals surface area (Å²) in [6.07, 6.45) is 2.98. The van der Waals surface area contributed by atoms with Crippen molar-refractivity contribution >= 4 is 29.0 Å². The number of rotatable bonds is 9. The standard InChI is InChI=1S/C20H27N3OS/c1-22(17-8-5-4-6-9-17)15-7-14-21-20(24)16-23(2)18-10-12-19(25-3)13-11-18/h4-6,8-13H,7,14-16H2,1-3H3,(H,21,24). The van der Waals surface area contributed by atoms with Crippen molar-refractivity contribution in [2.75, 3.05) is 49.8 Å². The number of likely N-dealkylation sites (N-methyl/N-ethyl adjacent to an activating group) is 1. The van der Waals surface area contributed by atoms with Crippen LogP contribution >= 0.6 is 11.8 Å². The summed E-state index contributed by atoms with van der Waals surface area (Å²) in [6.45, 7) is 1.97. The third kappa shape index (κ3) is 6.35. The summed E-state index contributed by atoms with van der Waals surface area (Å²) >= 11 is 1.72. The molecule has 0 unspecified atom stereocenters. The van der Waals surface area contributed by atoms with Gasteiger partial charge in [-0.3, -0.25) is 4.79 Å². The van der Waals surface area contributed by atoms with Gasteiger partial charge in [-0.25, -0.2) is 0 Å². The molecule has 134 valence electrons. The Bertz CT molecular complexity index is 646. The number of para-hydroxylation sites is 1. The molecule has 0 heterocycles. The van der Waals surface area contributed by atoms with Crippen LogP contribution < -0.4 is 15.1 Å². The fourth-order valence-electron chi connectivity index (χ4n) is 2.55. The van der Waals surface area contributed by atoms with E-state index in [0.29, 0.717) is 13.1 Å². The molecule has 0 saturated heterocycles. The molecule has 0 fully saturated rings. The lowest BCUT2D eigenvalue weighted by Gasteiger charge is -2.20. The van der Waals surface area contributed by atoms with Gasteiger partial charge in [-0.1, -0.05) is 18.2 Å². The lowest BCUT2D eigenvalue weighted by Crippen LogP contribution is -2.36. The van der Waals surface area contributed by atoms with Gasteiger partial charge in [0.05, 0.1) is 6.54 Å². The molecule has 0 aliphatic rings. The number of carbonyl (C=O) groups is 1. The van der Waals surface area contributed by atoms with Crippen molar-refractivity contribution in [1.82, 2.24) is 5.32 Å². The minimum absolute atomic E-state index is 0.0545. The number of amides is 1. The molecule has 25 heavy (non-hydrogen) atoms. The van der Waals surface area contributed by atoms with Gasteiger partial charge in [-0.05, 0) is 49.1 Å². The average molecular weight is 358 g/mol. The first-order valence-corrected chi connectivity index (χ1v) is 9.70. The number of carbonyl (C=O) groups excluding carboxylic acids is 1. The largest absolute Gasteiger partial charge is 0.375 e. The number of nitrogens with zero attached hydrogens (tertiary/aromatic N) is 2. The maximum absolute atomic E-state index is 12.1. The Morgan fingerprint density at radius 2 is 1.60 bits per heavy atom. The van der Waals surface area contributed by atoms with E-state index >= 15 is 0 Å². The van der Waals surface area contributed by atoms with E-state index in [2.05, 4.69) is 47.8 Å². The topological polar surface area (TPSA) is 35.6 Å². The molecule has 0 radical (unpaired) electrons. The van der Waals surface area contributed by atoms with Crippen LogP contribution in [0.1, 0.15) is 6.42 Å². The van der Waals surface area contributed by atoms with Crippen molar-refractivity contribution in [2.24, 2.45) is 0 Å². The Kier molecular flexibility index (Phi) is 7.67. The van der Waals surface area contributed by atoms with Crippen molar-refractivity contribution in [2.45, 2.75) is 11.3 Å². The van der Waals surface area contributed by atoms with Gasteiger partial charge in [0.2, 0.25) is 5.91 Å². The van der Waals surface area contributed by atoms with Crippen LogP contribution in [0.3, 0.4) is 0 Å². The van der Waals surface area contributed by atoms with Crippen LogP contribution in [0.25, 0.3) is 0 Å². The average Bonchev–Trinajstić information content (AvgIpc) is 2.65. The molecule has 2 aromatic rings. The van der Waals surface area contributed by atoms with Crippen LogP contribution in [-0.4, -0.2) is 45.9 Å². The Hall–Kier alpha value is -2.14. The first kappa shape index (κ1) is 19.2. The van der Waals surface area contributed by atoms with E-state index in [1.165, 1.54) is 10.6 Å². The molecule has 1 N–H and O–H groups in total. The van der Waals surface area contributed by atoms with Gasteiger partial charge in [-0.2, -0.15) is 0 Å². The highest BCUT2D eigenvalue weighted by Gasteiger charge is 2.07. The van der Waals surface area contributed by atoms with Crippen molar-refractivity contribution in [3.05, 3.63) is 54.6 Å². The smallest absolute Gasteiger partial charge is 0.239 e. The third-order valence-electron chi connectivity index (χ3n) is 4.08. The maximum Gasteiger partial charge on any atom is 0.239 e. The van der Waals surface area contributed by atoms with E-state index in [1.54, 1.807) is 11.8 Å². The van der Waals surface area contributed by atoms with Gasteiger partial charge >= 0.3 is 0 Å². The zero-order chi connectivity index (χ0) is 18.1. The van der Waals surface area contributed by atoms with E-state index in [9.17, 15) is 4.79 Å². The minimum atomic E-state index is 0.0545. The Morgan fingerprint density at radius 1 is 0.960 bits per heavy atom. The monoisotopic (exact) mass is 357 g/mol. The van der Waals surface area contributed by atoms with Gasteiger partial charge in [0.15, 0.2) is 0 Å². The van der Waals surface area contributed by atoms with Crippen LogP contribution in [0.15, 0.2) is 59.5 Å². The summed E-state index contributed by atoms with van der Waals surface area (Å²) < 4.78 is 0. The second-order valence-electron chi connectivity index (χ2n) is 6.01. The molecular weight excluding hydrogens is 330 g/mol. The van der Waals surface area contributed by atoms with Crippen LogP contribution in [0.2, 0.25) is 0 Å². The molecule has 0 aromatic heterocycles. The second-order valence-corrected chi connectivity index (χ2v) is 6.89. The van der Waals surface area contributed by atoms with E-state index in [1.807, 2.05) is 42.3 Å². The Balaban J connectivity index is 1.68. The first-order chi connectivity index (χ1) is 12.1. The van der Waals surface area contributed by atoms with Gasteiger partial charge in [-0.15, -0.1) is 11.8 Å². The Labute approximate surface area is 155 Å². The number of thioether (sulfide) groups is 1. The molecule has 0 atom stereocenters. The normalized spacial score (nSPS) is 10.4. The van der Waals surface area contributed by atoms with Crippen molar-refractivity contribution in [1.29, 1.82) is 0 Å². The molecule has 0 saturated carbocycles. The number of nitrogens with one attached hydrogen (secondary N) is 1. The summed E-state index contributed by atoms with van der Waals surface area (Å²) in [5.41, 5.74) is 2.25. The van der Waals surface area contributed by atoms with Crippen LogP contribution in [0.4, 0.5) is 11.4 Å². The van der Waals surface area contributed by atoms with Gasteiger partial charge < -0.3 is 15.1 Å². The first-order valence-electron chi connectivity index (χ1n) is 8.48. The highest BCUT2D eigenvalue weighted by Crippen LogP contribution is 2.19. The van der Waals surface area contributed by atoms with Crippen molar-refractivity contribution in [3.63, 3.8) is 0 Å². The second kappa shape index (κ2) is 9.99. The molecule has 5 heteroatoms. The molecule has 1 amide bonds. The van der Waals surface area contributed by atoms with Crippen molar-refractivity contribution < 1.29 is 4.79 Å². The molecular formula is C20H27N3OS. The summed E-state index contributed by atoms with van der Waals surface area (Å²) in [5, 5.41) is 3.00. The zero-order valence-corrected chi connectivity index (χ0v) is 16.1. The number of benzene rings is 2. The number of hydrogen-bond donors (Lipinski definition) is 1.